The van der Waals surface area contributed by atoms with Gasteiger partial charge < -0.3 is 11.1 Å². The molecule has 0 bridgehead atoms. The Labute approximate surface area is 118 Å². The van der Waals surface area contributed by atoms with Crippen molar-refractivity contribution in [2.75, 3.05) is 5.32 Å². The van der Waals surface area contributed by atoms with E-state index in [4.69, 9.17) is 5.73 Å². The third kappa shape index (κ3) is 3.54. The van der Waals surface area contributed by atoms with Crippen LogP contribution in [0.1, 0.15) is 11.6 Å². The minimum Gasteiger partial charge on any atom is -0.370 e. The second kappa shape index (κ2) is 5.84. The summed E-state index contributed by atoms with van der Waals surface area (Å²) in [5, 5.41) is 2.93. The van der Waals surface area contributed by atoms with E-state index in [-0.39, 0.29) is 5.82 Å². The Balaban J connectivity index is 2.29. The second-order valence-electron chi connectivity index (χ2n) is 4.05. The molecule has 3 nitrogen and oxygen atoms in total. The van der Waals surface area contributed by atoms with Crippen LogP contribution in [-0.4, -0.2) is 5.91 Å². The fourth-order valence-corrected chi connectivity index (χ4v) is 2.17. The number of hydrogen-bond acceptors (Lipinski definition) is 2. The van der Waals surface area contributed by atoms with Gasteiger partial charge in [-0.2, -0.15) is 0 Å². The molecule has 0 heterocycles. The monoisotopic (exact) mass is 322 g/mol. The van der Waals surface area contributed by atoms with Crippen LogP contribution in [0.2, 0.25) is 0 Å². The van der Waals surface area contributed by atoms with Crippen LogP contribution in [0.25, 0.3) is 0 Å². The molecule has 5 heteroatoms. The lowest BCUT2D eigenvalue weighted by Gasteiger charge is -2.17. The van der Waals surface area contributed by atoms with Gasteiger partial charge in [-0.15, -0.1) is 0 Å². The fourth-order valence-electron chi connectivity index (χ4n) is 1.75. The van der Waals surface area contributed by atoms with Crippen molar-refractivity contribution in [3.63, 3.8) is 0 Å². The van der Waals surface area contributed by atoms with E-state index in [1.807, 2.05) is 12.1 Å². The molecule has 2 rings (SSSR count). The van der Waals surface area contributed by atoms with Crippen molar-refractivity contribution >= 4 is 27.5 Å². The van der Waals surface area contributed by atoms with Crippen LogP contribution >= 0.6 is 15.9 Å². The van der Waals surface area contributed by atoms with Crippen molar-refractivity contribution in [1.29, 1.82) is 0 Å². The third-order valence-electron chi connectivity index (χ3n) is 2.60. The summed E-state index contributed by atoms with van der Waals surface area (Å²) in [6, 6.07) is 12.4. The quantitative estimate of drug-likeness (QED) is 0.908. The zero-order valence-electron chi connectivity index (χ0n) is 9.94. The summed E-state index contributed by atoms with van der Waals surface area (Å²) < 4.78 is 14.0. The number of halogens is 2. The molecule has 0 saturated heterocycles. The van der Waals surface area contributed by atoms with Crippen LogP contribution in [0, 0.1) is 5.82 Å². The number of carbonyl (C=O) groups excluding carboxylic acids is 1. The highest BCUT2D eigenvalue weighted by atomic mass is 79.9. The number of carbonyl (C=O) groups is 1. The first kappa shape index (κ1) is 13.5. The first-order chi connectivity index (χ1) is 9.06. The Morgan fingerprint density at radius 1 is 1.21 bits per heavy atom. The first-order valence-corrected chi connectivity index (χ1v) is 6.42. The Kier molecular flexibility index (Phi) is 4.16. The lowest BCUT2D eigenvalue weighted by Crippen LogP contribution is -2.27. The standard InChI is InChI=1S/C14H12BrFN2O/c15-10-4-1-3-9(7-10)13(14(17)19)18-12-6-2-5-11(16)8-12/h1-8,13,18H,(H2,17,19). The van der Waals surface area contributed by atoms with E-state index in [0.717, 1.165) is 4.47 Å². The molecule has 0 saturated carbocycles. The van der Waals surface area contributed by atoms with Gasteiger partial charge in [0.05, 0.1) is 0 Å². The largest absolute Gasteiger partial charge is 0.370 e. The lowest BCUT2D eigenvalue weighted by molar-refractivity contribution is -0.118. The molecular formula is C14H12BrFN2O. The Morgan fingerprint density at radius 2 is 1.95 bits per heavy atom. The summed E-state index contributed by atoms with van der Waals surface area (Å²) in [5.41, 5.74) is 6.61. The second-order valence-corrected chi connectivity index (χ2v) is 4.96. The number of anilines is 1. The van der Waals surface area contributed by atoms with Crippen LogP contribution in [0.15, 0.2) is 53.0 Å². The van der Waals surface area contributed by atoms with E-state index in [9.17, 15) is 9.18 Å². The fraction of sp³-hybridized carbons (Fsp3) is 0.0714. The Bertz CT molecular complexity index is 604. The van der Waals surface area contributed by atoms with Gasteiger partial charge in [-0.3, -0.25) is 4.79 Å². The summed E-state index contributed by atoms with van der Waals surface area (Å²) in [6.07, 6.45) is 0. The van der Waals surface area contributed by atoms with Gasteiger partial charge in [0.25, 0.3) is 0 Å². The summed E-state index contributed by atoms with van der Waals surface area (Å²) in [7, 11) is 0. The molecule has 19 heavy (non-hydrogen) atoms. The smallest absolute Gasteiger partial charge is 0.244 e. The summed E-state index contributed by atoms with van der Waals surface area (Å²) in [5.74, 6) is -0.898. The van der Waals surface area contributed by atoms with Gasteiger partial charge in [-0.25, -0.2) is 4.39 Å². The molecule has 1 amide bonds. The number of amides is 1. The number of primary amides is 1. The lowest BCUT2D eigenvalue weighted by atomic mass is 10.1. The zero-order valence-corrected chi connectivity index (χ0v) is 11.5. The molecular weight excluding hydrogens is 311 g/mol. The molecule has 0 radical (unpaired) electrons. The van der Waals surface area contributed by atoms with E-state index in [1.165, 1.54) is 12.1 Å². The van der Waals surface area contributed by atoms with Crippen molar-refractivity contribution in [2.24, 2.45) is 5.73 Å². The summed E-state index contributed by atoms with van der Waals surface area (Å²) in [6.45, 7) is 0. The molecule has 0 fully saturated rings. The van der Waals surface area contributed by atoms with Gasteiger partial charge >= 0.3 is 0 Å². The van der Waals surface area contributed by atoms with Crippen molar-refractivity contribution in [3.8, 4) is 0 Å². The van der Waals surface area contributed by atoms with E-state index in [1.54, 1.807) is 24.3 Å². The molecule has 1 unspecified atom stereocenters. The average Bonchev–Trinajstić information content (AvgIpc) is 2.35. The highest BCUT2D eigenvalue weighted by molar-refractivity contribution is 9.10. The third-order valence-corrected chi connectivity index (χ3v) is 3.10. The number of benzene rings is 2. The summed E-state index contributed by atoms with van der Waals surface area (Å²) in [4.78, 5) is 11.6. The van der Waals surface area contributed by atoms with Crippen LogP contribution < -0.4 is 11.1 Å². The van der Waals surface area contributed by atoms with Gasteiger partial charge in [-0.1, -0.05) is 34.1 Å². The van der Waals surface area contributed by atoms with E-state index in [2.05, 4.69) is 21.2 Å². The van der Waals surface area contributed by atoms with Crippen molar-refractivity contribution in [2.45, 2.75) is 6.04 Å². The first-order valence-electron chi connectivity index (χ1n) is 5.63. The number of rotatable bonds is 4. The molecule has 0 spiro atoms. The van der Waals surface area contributed by atoms with Crippen LogP contribution in [0.3, 0.4) is 0 Å². The minimum absolute atomic E-state index is 0.373. The molecule has 1 atom stereocenters. The predicted molar refractivity (Wildman–Crippen MR) is 76.1 cm³/mol. The SMILES string of the molecule is NC(=O)C(Nc1cccc(F)c1)c1cccc(Br)c1. The zero-order chi connectivity index (χ0) is 13.8. The average molecular weight is 323 g/mol. The number of nitrogens with one attached hydrogen (secondary N) is 1. The Hall–Kier alpha value is -1.88. The van der Waals surface area contributed by atoms with Gasteiger partial charge in [0.2, 0.25) is 5.91 Å². The van der Waals surface area contributed by atoms with Crippen molar-refractivity contribution in [1.82, 2.24) is 0 Å². The molecule has 2 aromatic rings. The van der Waals surface area contributed by atoms with Gasteiger partial charge in [0.1, 0.15) is 11.9 Å². The van der Waals surface area contributed by atoms with Crippen molar-refractivity contribution in [3.05, 3.63) is 64.4 Å². The molecule has 0 aliphatic heterocycles. The maximum absolute atomic E-state index is 13.1. The van der Waals surface area contributed by atoms with Crippen LogP contribution in [0.5, 0.6) is 0 Å². The van der Waals surface area contributed by atoms with E-state index < -0.39 is 11.9 Å². The van der Waals surface area contributed by atoms with Crippen LogP contribution in [-0.2, 0) is 4.79 Å². The molecule has 98 valence electrons. The Morgan fingerprint density at radius 3 is 2.58 bits per heavy atom. The van der Waals surface area contributed by atoms with Gasteiger partial charge in [0.15, 0.2) is 0 Å². The van der Waals surface area contributed by atoms with Gasteiger partial charge in [-0.05, 0) is 35.9 Å². The normalized spacial score (nSPS) is 11.9. The molecule has 2 aromatic carbocycles. The van der Waals surface area contributed by atoms with Crippen LogP contribution in [0.4, 0.5) is 10.1 Å². The molecule has 0 aliphatic carbocycles. The predicted octanol–water partition coefficient (Wildman–Crippen LogP) is 3.23. The van der Waals surface area contributed by atoms with E-state index >= 15 is 0 Å². The number of nitrogens with two attached hydrogens (primary N) is 1. The van der Waals surface area contributed by atoms with E-state index in [0.29, 0.717) is 11.3 Å². The van der Waals surface area contributed by atoms with Crippen molar-refractivity contribution < 1.29 is 9.18 Å². The molecule has 3 N–H and O–H groups in total. The minimum atomic E-state index is -0.709. The topological polar surface area (TPSA) is 55.1 Å². The number of hydrogen-bond donors (Lipinski definition) is 2. The highest BCUT2D eigenvalue weighted by Crippen LogP contribution is 2.22. The highest BCUT2D eigenvalue weighted by Gasteiger charge is 2.17. The molecule has 0 aliphatic rings. The van der Waals surface area contributed by atoms with Gasteiger partial charge in [0, 0.05) is 10.2 Å². The maximum atomic E-state index is 13.1. The summed E-state index contributed by atoms with van der Waals surface area (Å²) >= 11 is 3.34. The molecule has 0 aromatic heterocycles. The maximum Gasteiger partial charge on any atom is 0.244 e.